The molecule has 11 heavy (non-hydrogen) atoms. The zero-order chi connectivity index (χ0) is 8.36. The minimum Gasteiger partial charge on any atom is -0.0683 e. The Morgan fingerprint density at radius 1 is 0.545 bits per heavy atom. The summed E-state index contributed by atoms with van der Waals surface area (Å²) < 4.78 is 0. The Morgan fingerprint density at radius 2 is 0.727 bits per heavy atom. The summed E-state index contributed by atoms with van der Waals surface area (Å²) in [6.07, 6.45) is 4.50. The molecule has 0 amide bonds. The molecule has 1 aliphatic carbocycles. The Kier molecular flexibility index (Phi) is 8.57. The first-order valence-electron chi connectivity index (χ1n) is 4.50. The SMILES string of the molecule is C1CC1.CC.c1ccccc1. The molecule has 62 valence electrons. The monoisotopic (exact) mass is 150 g/mol. The van der Waals surface area contributed by atoms with Gasteiger partial charge in [0.2, 0.25) is 0 Å². The summed E-state index contributed by atoms with van der Waals surface area (Å²) in [5.74, 6) is 0. The van der Waals surface area contributed by atoms with Crippen molar-refractivity contribution in [2.45, 2.75) is 33.1 Å². The Morgan fingerprint density at radius 3 is 0.818 bits per heavy atom. The van der Waals surface area contributed by atoms with Gasteiger partial charge in [0.05, 0.1) is 0 Å². The van der Waals surface area contributed by atoms with Crippen molar-refractivity contribution in [2.75, 3.05) is 0 Å². The van der Waals surface area contributed by atoms with Crippen LogP contribution in [0.2, 0.25) is 0 Å². The van der Waals surface area contributed by atoms with E-state index in [1.165, 1.54) is 19.3 Å². The Bertz CT molecular complexity index is 101. The first-order chi connectivity index (χ1) is 5.50. The highest BCUT2D eigenvalue weighted by atomic mass is 14.0. The molecule has 0 unspecified atom stereocenters. The Hall–Kier alpha value is -0.780. The van der Waals surface area contributed by atoms with E-state index in [1.807, 2.05) is 50.2 Å². The third-order valence-corrected chi connectivity index (χ3v) is 1.02. The van der Waals surface area contributed by atoms with Crippen molar-refractivity contribution >= 4 is 0 Å². The fraction of sp³-hybridized carbons (Fsp3) is 0.455. The van der Waals surface area contributed by atoms with E-state index >= 15 is 0 Å². The van der Waals surface area contributed by atoms with Gasteiger partial charge in [-0.15, -0.1) is 0 Å². The molecule has 0 nitrogen and oxygen atoms in total. The second kappa shape index (κ2) is 9.22. The lowest BCUT2D eigenvalue weighted by molar-refractivity contribution is 1.50. The number of hydrogen-bond donors (Lipinski definition) is 0. The summed E-state index contributed by atoms with van der Waals surface area (Å²) in [5, 5.41) is 0. The molecule has 0 saturated heterocycles. The van der Waals surface area contributed by atoms with E-state index in [1.54, 1.807) is 0 Å². The molecule has 2 rings (SSSR count). The van der Waals surface area contributed by atoms with E-state index in [-0.39, 0.29) is 0 Å². The molecule has 0 N–H and O–H groups in total. The summed E-state index contributed by atoms with van der Waals surface area (Å²) in [6.45, 7) is 4.00. The fourth-order valence-electron chi connectivity index (χ4n) is 0.385. The minimum atomic E-state index is 1.50. The van der Waals surface area contributed by atoms with E-state index in [0.717, 1.165) is 0 Å². The van der Waals surface area contributed by atoms with E-state index in [2.05, 4.69) is 0 Å². The van der Waals surface area contributed by atoms with Gasteiger partial charge in [0, 0.05) is 0 Å². The summed E-state index contributed by atoms with van der Waals surface area (Å²) in [6, 6.07) is 12.0. The van der Waals surface area contributed by atoms with Gasteiger partial charge in [-0.2, -0.15) is 0 Å². The Labute approximate surface area is 70.3 Å². The molecule has 0 heteroatoms. The molecule has 0 bridgehead atoms. The molecule has 0 atom stereocenters. The van der Waals surface area contributed by atoms with Crippen LogP contribution >= 0.6 is 0 Å². The smallest absolute Gasteiger partial charge is 0.0533 e. The van der Waals surface area contributed by atoms with Crippen LogP contribution in [0.15, 0.2) is 36.4 Å². The highest BCUT2D eigenvalue weighted by Gasteiger charge is 1.95. The molecule has 0 aliphatic heterocycles. The first kappa shape index (κ1) is 10.2. The van der Waals surface area contributed by atoms with Crippen molar-refractivity contribution in [1.82, 2.24) is 0 Å². The van der Waals surface area contributed by atoms with E-state index in [0.29, 0.717) is 0 Å². The lowest BCUT2D eigenvalue weighted by Gasteiger charge is -1.69. The zero-order valence-corrected chi connectivity index (χ0v) is 7.59. The number of hydrogen-bond acceptors (Lipinski definition) is 0. The summed E-state index contributed by atoms with van der Waals surface area (Å²) in [7, 11) is 0. The molecule has 0 spiro atoms. The largest absolute Gasteiger partial charge is 0.0683 e. The van der Waals surface area contributed by atoms with Gasteiger partial charge in [0.25, 0.3) is 0 Å². The van der Waals surface area contributed by atoms with Crippen LogP contribution in [0.4, 0.5) is 0 Å². The quantitative estimate of drug-likeness (QED) is 0.526. The molecule has 0 aromatic heterocycles. The normalized spacial score (nSPS) is 11.5. The zero-order valence-electron chi connectivity index (χ0n) is 7.59. The van der Waals surface area contributed by atoms with E-state index in [9.17, 15) is 0 Å². The van der Waals surface area contributed by atoms with Crippen LogP contribution in [0.5, 0.6) is 0 Å². The van der Waals surface area contributed by atoms with Crippen molar-refractivity contribution in [3.63, 3.8) is 0 Å². The van der Waals surface area contributed by atoms with Gasteiger partial charge in [-0.3, -0.25) is 0 Å². The average molecular weight is 150 g/mol. The minimum absolute atomic E-state index is 1.50. The topological polar surface area (TPSA) is 0 Å². The van der Waals surface area contributed by atoms with Crippen LogP contribution in [0.3, 0.4) is 0 Å². The molecule has 1 aliphatic rings. The van der Waals surface area contributed by atoms with Gasteiger partial charge in [-0.05, 0) is 0 Å². The van der Waals surface area contributed by atoms with Crippen LogP contribution in [0, 0.1) is 0 Å². The molecule has 0 heterocycles. The maximum Gasteiger partial charge on any atom is -0.0533 e. The first-order valence-corrected chi connectivity index (χ1v) is 4.50. The van der Waals surface area contributed by atoms with Gasteiger partial charge in [0.1, 0.15) is 0 Å². The van der Waals surface area contributed by atoms with Gasteiger partial charge < -0.3 is 0 Å². The molecule has 1 aromatic rings. The van der Waals surface area contributed by atoms with Gasteiger partial charge in [-0.25, -0.2) is 0 Å². The molecule has 1 fully saturated rings. The third kappa shape index (κ3) is 12.4. The maximum atomic E-state index is 2.00. The molecule has 1 aromatic carbocycles. The number of rotatable bonds is 0. The lowest BCUT2D eigenvalue weighted by atomic mass is 10.4. The van der Waals surface area contributed by atoms with Crippen LogP contribution in [0.25, 0.3) is 0 Å². The van der Waals surface area contributed by atoms with Crippen molar-refractivity contribution in [3.8, 4) is 0 Å². The van der Waals surface area contributed by atoms with Gasteiger partial charge in [0.15, 0.2) is 0 Å². The van der Waals surface area contributed by atoms with Crippen LogP contribution in [-0.2, 0) is 0 Å². The van der Waals surface area contributed by atoms with Crippen molar-refractivity contribution in [2.24, 2.45) is 0 Å². The molecule has 0 radical (unpaired) electrons. The number of benzene rings is 1. The van der Waals surface area contributed by atoms with E-state index < -0.39 is 0 Å². The van der Waals surface area contributed by atoms with E-state index in [4.69, 9.17) is 0 Å². The van der Waals surface area contributed by atoms with Crippen molar-refractivity contribution in [3.05, 3.63) is 36.4 Å². The standard InChI is InChI=1S/C6H6.C3H6.C2H6/c1-2-4-6-5-3-1;1-2-3-1;1-2/h1-6H;1-3H2;1-2H3. The van der Waals surface area contributed by atoms with Crippen LogP contribution < -0.4 is 0 Å². The summed E-state index contributed by atoms with van der Waals surface area (Å²) in [5.41, 5.74) is 0. The second-order valence-corrected chi connectivity index (χ2v) is 2.22. The Balaban J connectivity index is 0.000000169. The summed E-state index contributed by atoms with van der Waals surface area (Å²) >= 11 is 0. The van der Waals surface area contributed by atoms with Crippen molar-refractivity contribution < 1.29 is 0 Å². The van der Waals surface area contributed by atoms with Crippen LogP contribution in [-0.4, -0.2) is 0 Å². The molecule has 1 saturated carbocycles. The van der Waals surface area contributed by atoms with Gasteiger partial charge in [-0.1, -0.05) is 69.5 Å². The fourth-order valence-corrected chi connectivity index (χ4v) is 0.385. The lowest BCUT2D eigenvalue weighted by Crippen LogP contribution is -1.47. The second-order valence-electron chi connectivity index (χ2n) is 2.22. The molecular weight excluding hydrogens is 132 g/mol. The highest BCUT2D eigenvalue weighted by Crippen LogP contribution is 2.14. The highest BCUT2D eigenvalue weighted by molar-refractivity contribution is 4.99. The van der Waals surface area contributed by atoms with Crippen LogP contribution in [0.1, 0.15) is 33.1 Å². The van der Waals surface area contributed by atoms with Crippen molar-refractivity contribution in [1.29, 1.82) is 0 Å². The molecular formula is C11H18. The predicted octanol–water partition coefficient (Wildman–Crippen LogP) is 3.88. The average Bonchev–Trinajstić information content (AvgIpc) is 2.97. The third-order valence-electron chi connectivity index (χ3n) is 1.02. The van der Waals surface area contributed by atoms with Gasteiger partial charge >= 0.3 is 0 Å². The predicted molar refractivity (Wildman–Crippen MR) is 51.6 cm³/mol. The maximum absolute atomic E-state index is 2.00. The summed E-state index contributed by atoms with van der Waals surface area (Å²) in [4.78, 5) is 0.